The highest BCUT2D eigenvalue weighted by atomic mass is 19.1. The van der Waals surface area contributed by atoms with Crippen molar-refractivity contribution in [3.8, 4) is 23.0 Å². The number of rotatable bonds is 8. The lowest BCUT2D eigenvalue weighted by atomic mass is 10.1. The maximum absolute atomic E-state index is 14.2. The number of carboxylic acid groups (broad SMARTS) is 1. The van der Waals surface area contributed by atoms with Gasteiger partial charge in [0.1, 0.15) is 23.9 Å². The van der Waals surface area contributed by atoms with Gasteiger partial charge in [0.2, 0.25) is 0 Å². The molecule has 0 unspecified atom stereocenters. The Morgan fingerprint density at radius 1 is 0.929 bits per heavy atom. The van der Waals surface area contributed by atoms with Gasteiger partial charge in [-0.2, -0.15) is 0 Å². The fourth-order valence-corrected chi connectivity index (χ4v) is 2.64. The number of phenols is 1. The van der Waals surface area contributed by atoms with E-state index in [4.69, 9.17) is 14.6 Å². The molecule has 0 atom stereocenters. The van der Waals surface area contributed by atoms with Crippen molar-refractivity contribution in [2.75, 3.05) is 0 Å². The molecule has 0 amide bonds. The molecule has 0 aliphatic rings. The summed E-state index contributed by atoms with van der Waals surface area (Å²) in [7, 11) is 0. The van der Waals surface area contributed by atoms with E-state index in [1.807, 2.05) is 18.2 Å². The second-order valence-electron chi connectivity index (χ2n) is 6.20. The highest BCUT2D eigenvalue weighted by molar-refractivity contribution is 5.67. The summed E-state index contributed by atoms with van der Waals surface area (Å²) in [4.78, 5) is 10.6. The van der Waals surface area contributed by atoms with Crippen LogP contribution >= 0.6 is 0 Å². The maximum Gasteiger partial charge on any atom is 0.303 e. The average Bonchev–Trinajstić information content (AvgIpc) is 2.66. The van der Waals surface area contributed by atoms with Crippen LogP contribution in [-0.4, -0.2) is 16.2 Å². The second kappa shape index (κ2) is 8.90. The summed E-state index contributed by atoms with van der Waals surface area (Å²) < 4.78 is 25.4. The maximum atomic E-state index is 14.2. The Labute approximate surface area is 161 Å². The van der Waals surface area contributed by atoms with E-state index in [1.165, 1.54) is 24.3 Å². The van der Waals surface area contributed by atoms with Crippen LogP contribution in [0, 0.1) is 5.82 Å². The summed E-state index contributed by atoms with van der Waals surface area (Å²) >= 11 is 0. The van der Waals surface area contributed by atoms with E-state index in [0.717, 1.165) is 0 Å². The Morgan fingerprint density at radius 3 is 2.43 bits per heavy atom. The van der Waals surface area contributed by atoms with Gasteiger partial charge in [-0.3, -0.25) is 4.79 Å². The monoisotopic (exact) mass is 382 g/mol. The summed E-state index contributed by atoms with van der Waals surface area (Å²) in [6, 6.07) is 18.2. The minimum atomic E-state index is -0.932. The van der Waals surface area contributed by atoms with Gasteiger partial charge in [0, 0.05) is 12.5 Å². The molecule has 0 aliphatic carbocycles. The first-order valence-electron chi connectivity index (χ1n) is 8.68. The van der Waals surface area contributed by atoms with Crippen LogP contribution in [-0.2, 0) is 17.8 Å². The van der Waals surface area contributed by atoms with Crippen LogP contribution in [0.15, 0.2) is 66.7 Å². The number of para-hydroxylation sites is 1. The molecule has 0 aliphatic heterocycles. The standard InChI is InChI=1S/C22H19FO5/c23-20-12-15(7-9-22(25)26)6-8-21(20)27-14-16-10-17(24)13-19(11-16)28-18-4-2-1-3-5-18/h1-6,8,10-13,24H,7,9,14H2,(H,25,26). The fraction of sp³-hybridized carbons (Fsp3) is 0.136. The third-order valence-corrected chi connectivity index (χ3v) is 3.95. The highest BCUT2D eigenvalue weighted by Crippen LogP contribution is 2.28. The normalized spacial score (nSPS) is 10.5. The number of hydrogen-bond donors (Lipinski definition) is 2. The van der Waals surface area contributed by atoms with Gasteiger partial charge in [-0.25, -0.2) is 4.39 Å². The molecule has 144 valence electrons. The van der Waals surface area contributed by atoms with Gasteiger partial charge in [0.15, 0.2) is 11.6 Å². The molecule has 3 rings (SSSR count). The number of carbonyl (C=O) groups is 1. The first-order valence-corrected chi connectivity index (χ1v) is 8.68. The van der Waals surface area contributed by atoms with Crippen molar-refractivity contribution in [2.24, 2.45) is 0 Å². The van der Waals surface area contributed by atoms with Crippen LogP contribution in [0.25, 0.3) is 0 Å². The molecule has 0 heterocycles. The molecular formula is C22H19FO5. The van der Waals surface area contributed by atoms with Crippen molar-refractivity contribution in [3.05, 3.63) is 83.7 Å². The highest BCUT2D eigenvalue weighted by Gasteiger charge is 2.09. The molecular weight excluding hydrogens is 363 g/mol. The summed E-state index contributed by atoms with van der Waals surface area (Å²) in [6.07, 6.45) is 0.187. The zero-order chi connectivity index (χ0) is 19.9. The number of hydrogen-bond acceptors (Lipinski definition) is 4. The van der Waals surface area contributed by atoms with Crippen LogP contribution in [0.1, 0.15) is 17.5 Å². The van der Waals surface area contributed by atoms with E-state index < -0.39 is 11.8 Å². The number of phenolic OH excluding ortho intramolecular Hbond substituents is 1. The first kappa shape index (κ1) is 19.2. The Morgan fingerprint density at radius 2 is 1.71 bits per heavy atom. The molecule has 28 heavy (non-hydrogen) atoms. The molecule has 6 heteroatoms. The van der Waals surface area contributed by atoms with Crippen molar-refractivity contribution in [1.82, 2.24) is 0 Å². The Hall–Kier alpha value is -3.54. The van der Waals surface area contributed by atoms with Gasteiger partial charge in [0.05, 0.1) is 0 Å². The van der Waals surface area contributed by atoms with Gasteiger partial charge < -0.3 is 19.7 Å². The molecule has 0 aromatic heterocycles. The summed E-state index contributed by atoms with van der Waals surface area (Å²) in [5.41, 5.74) is 1.20. The molecule has 5 nitrogen and oxygen atoms in total. The summed E-state index contributed by atoms with van der Waals surface area (Å²) in [6.45, 7) is 0.0327. The largest absolute Gasteiger partial charge is 0.508 e. The molecule has 0 bridgehead atoms. The van der Waals surface area contributed by atoms with Crippen molar-refractivity contribution < 1.29 is 28.9 Å². The molecule has 0 fully saturated rings. The summed E-state index contributed by atoms with van der Waals surface area (Å²) in [5, 5.41) is 18.6. The molecule has 0 saturated carbocycles. The second-order valence-corrected chi connectivity index (χ2v) is 6.20. The Kier molecular flexibility index (Phi) is 6.11. The minimum Gasteiger partial charge on any atom is -0.508 e. The minimum absolute atomic E-state index is 0.0107. The van der Waals surface area contributed by atoms with Crippen LogP contribution in [0.5, 0.6) is 23.0 Å². The van der Waals surface area contributed by atoms with Crippen molar-refractivity contribution in [2.45, 2.75) is 19.4 Å². The van der Waals surface area contributed by atoms with Crippen molar-refractivity contribution >= 4 is 5.97 Å². The number of ether oxygens (including phenoxy) is 2. The van der Waals surface area contributed by atoms with Gasteiger partial charge in [-0.15, -0.1) is 0 Å². The van der Waals surface area contributed by atoms with Gasteiger partial charge in [0.25, 0.3) is 0 Å². The average molecular weight is 382 g/mol. The molecule has 3 aromatic carbocycles. The van der Waals surface area contributed by atoms with Crippen LogP contribution in [0.2, 0.25) is 0 Å². The van der Waals surface area contributed by atoms with Gasteiger partial charge >= 0.3 is 5.97 Å². The number of halogens is 1. The quantitative estimate of drug-likeness (QED) is 0.578. The lowest BCUT2D eigenvalue weighted by Gasteiger charge is -2.11. The van der Waals surface area contributed by atoms with Crippen LogP contribution in [0.3, 0.4) is 0 Å². The summed E-state index contributed by atoms with van der Waals surface area (Å²) in [5.74, 6) is -0.372. The Balaban J connectivity index is 1.66. The van der Waals surface area contributed by atoms with E-state index in [1.54, 1.807) is 24.3 Å². The zero-order valence-electron chi connectivity index (χ0n) is 15.0. The third kappa shape index (κ3) is 5.48. The van der Waals surface area contributed by atoms with E-state index >= 15 is 0 Å². The molecule has 0 spiro atoms. The third-order valence-electron chi connectivity index (χ3n) is 3.95. The number of aromatic hydroxyl groups is 1. The first-order chi connectivity index (χ1) is 13.5. The SMILES string of the molecule is O=C(O)CCc1ccc(OCc2cc(O)cc(Oc3ccccc3)c2)c(F)c1. The lowest BCUT2D eigenvalue weighted by Crippen LogP contribution is -2.00. The number of aliphatic carboxylic acids is 1. The van der Waals surface area contributed by atoms with E-state index in [0.29, 0.717) is 22.6 Å². The lowest BCUT2D eigenvalue weighted by molar-refractivity contribution is -0.136. The van der Waals surface area contributed by atoms with Gasteiger partial charge in [-0.1, -0.05) is 24.3 Å². The van der Waals surface area contributed by atoms with Crippen LogP contribution < -0.4 is 9.47 Å². The van der Waals surface area contributed by atoms with Gasteiger partial charge in [-0.05, 0) is 53.9 Å². The van der Waals surface area contributed by atoms with Crippen LogP contribution in [0.4, 0.5) is 4.39 Å². The van der Waals surface area contributed by atoms with E-state index in [-0.39, 0.29) is 30.9 Å². The van der Waals surface area contributed by atoms with Crippen molar-refractivity contribution in [1.29, 1.82) is 0 Å². The number of carboxylic acids is 1. The fourth-order valence-electron chi connectivity index (χ4n) is 2.64. The molecule has 0 radical (unpaired) electrons. The number of aryl methyl sites for hydroxylation is 1. The van der Waals surface area contributed by atoms with E-state index in [2.05, 4.69) is 0 Å². The molecule has 3 aromatic rings. The molecule has 0 saturated heterocycles. The predicted molar refractivity (Wildman–Crippen MR) is 101 cm³/mol. The zero-order valence-corrected chi connectivity index (χ0v) is 15.0. The smallest absolute Gasteiger partial charge is 0.303 e. The van der Waals surface area contributed by atoms with Crippen molar-refractivity contribution in [3.63, 3.8) is 0 Å². The molecule has 2 N–H and O–H groups in total. The number of benzene rings is 3. The Bertz CT molecular complexity index is 956. The predicted octanol–water partition coefficient (Wildman–Crippen LogP) is 4.92. The van der Waals surface area contributed by atoms with E-state index in [9.17, 15) is 14.3 Å². The topological polar surface area (TPSA) is 76.0 Å².